The molecule has 1 fully saturated rings. The minimum absolute atomic E-state index is 0.0659. The number of carbonyl (C=O) groups is 1. The third kappa shape index (κ3) is 2.84. The number of aryl methyl sites for hydroxylation is 2. The summed E-state index contributed by atoms with van der Waals surface area (Å²) in [5.41, 5.74) is 1.72. The highest BCUT2D eigenvalue weighted by Crippen LogP contribution is 2.23. The molecule has 0 N–H and O–H groups in total. The smallest absolute Gasteiger partial charge is 0.292 e. The average molecular weight is 329 g/mol. The number of carbonyl (C=O) groups excluding carboxylic acids is 1. The standard InChI is InChI=1S/C17H23N5O2/c1-13-16(24-12-18-13)17(23)21-11-15-4-6-19-22(15)9-5-14(21)10-20-7-2-3-8-20/h4,6,12,14H,2-3,5,7-11H2,1H3/t14-/m0/s1. The van der Waals surface area contributed by atoms with Crippen molar-refractivity contribution in [2.24, 2.45) is 0 Å². The van der Waals surface area contributed by atoms with E-state index in [-0.39, 0.29) is 11.9 Å². The van der Waals surface area contributed by atoms with Crippen molar-refractivity contribution in [2.45, 2.75) is 45.3 Å². The summed E-state index contributed by atoms with van der Waals surface area (Å²) in [7, 11) is 0. The molecule has 0 aromatic carbocycles. The maximum atomic E-state index is 13.1. The molecule has 1 saturated heterocycles. The molecule has 4 heterocycles. The van der Waals surface area contributed by atoms with E-state index in [2.05, 4.69) is 15.0 Å². The number of likely N-dealkylation sites (tertiary alicyclic amines) is 1. The van der Waals surface area contributed by atoms with E-state index in [0.717, 1.165) is 38.3 Å². The number of amides is 1. The number of oxazole rings is 1. The molecule has 0 spiro atoms. The Kier molecular flexibility index (Phi) is 4.10. The second kappa shape index (κ2) is 6.39. The minimum atomic E-state index is -0.0659. The zero-order chi connectivity index (χ0) is 16.5. The molecule has 7 nitrogen and oxygen atoms in total. The second-order valence-corrected chi connectivity index (χ2v) is 6.70. The first kappa shape index (κ1) is 15.4. The Morgan fingerprint density at radius 3 is 2.92 bits per heavy atom. The molecule has 2 aromatic heterocycles. The van der Waals surface area contributed by atoms with Crippen LogP contribution in [-0.4, -0.2) is 56.1 Å². The van der Waals surface area contributed by atoms with E-state index in [1.54, 1.807) is 6.20 Å². The molecule has 0 saturated carbocycles. The highest BCUT2D eigenvalue weighted by molar-refractivity contribution is 5.92. The fraction of sp³-hybridized carbons (Fsp3) is 0.588. The summed E-state index contributed by atoms with van der Waals surface area (Å²) >= 11 is 0. The van der Waals surface area contributed by atoms with E-state index in [1.165, 1.54) is 19.2 Å². The molecular weight excluding hydrogens is 306 g/mol. The molecule has 1 amide bonds. The SMILES string of the molecule is Cc1ncoc1C(=O)N1Cc2ccnn2CC[C@H]1CN1CCCC1. The Labute approximate surface area is 141 Å². The molecule has 2 aromatic rings. The van der Waals surface area contributed by atoms with Gasteiger partial charge in [0, 0.05) is 25.3 Å². The number of hydrogen-bond donors (Lipinski definition) is 0. The fourth-order valence-electron chi connectivity index (χ4n) is 3.75. The molecule has 2 aliphatic rings. The first-order valence-corrected chi connectivity index (χ1v) is 8.66. The van der Waals surface area contributed by atoms with Gasteiger partial charge in [-0.25, -0.2) is 4.98 Å². The van der Waals surface area contributed by atoms with Crippen LogP contribution in [0.15, 0.2) is 23.1 Å². The van der Waals surface area contributed by atoms with E-state index < -0.39 is 0 Å². The number of fused-ring (bicyclic) bond motifs is 1. The highest BCUT2D eigenvalue weighted by Gasteiger charge is 2.32. The molecule has 7 heteroatoms. The lowest BCUT2D eigenvalue weighted by molar-refractivity contribution is 0.0582. The predicted molar refractivity (Wildman–Crippen MR) is 87.4 cm³/mol. The summed E-state index contributed by atoms with van der Waals surface area (Å²) in [6.07, 6.45) is 6.57. The third-order valence-corrected chi connectivity index (χ3v) is 5.12. The molecule has 2 aliphatic heterocycles. The molecule has 0 aliphatic carbocycles. The van der Waals surface area contributed by atoms with Crippen molar-refractivity contribution in [3.05, 3.63) is 35.8 Å². The van der Waals surface area contributed by atoms with E-state index in [1.807, 2.05) is 22.6 Å². The molecule has 0 radical (unpaired) electrons. The van der Waals surface area contributed by atoms with Crippen LogP contribution >= 0.6 is 0 Å². The summed E-state index contributed by atoms with van der Waals surface area (Å²) in [5.74, 6) is 0.290. The van der Waals surface area contributed by atoms with Crippen molar-refractivity contribution in [2.75, 3.05) is 19.6 Å². The number of hydrogen-bond acceptors (Lipinski definition) is 5. The lowest BCUT2D eigenvalue weighted by Gasteiger charge is -2.32. The molecule has 1 atom stereocenters. The lowest BCUT2D eigenvalue weighted by atomic mass is 10.1. The molecule has 0 bridgehead atoms. The summed E-state index contributed by atoms with van der Waals surface area (Å²) in [6.45, 7) is 6.41. The first-order chi connectivity index (χ1) is 11.7. The quantitative estimate of drug-likeness (QED) is 0.857. The number of nitrogens with zero attached hydrogens (tertiary/aromatic N) is 5. The summed E-state index contributed by atoms with van der Waals surface area (Å²) in [5, 5.41) is 4.39. The fourth-order valence-corrected chi connectivity index (χ4v) is 3.75. The van der Waals surface area contributed by atoms with Gasteiger partial charge in [-0.05, 0) is 45.3 Å². The average Bonchev–Trinajstić information content (AvgIpc) is 3.30. The molecule has 0 unspecified atom stereocenters. The van der Waals surface area contributed by atoms with Crippen LogP contribution in [0.1, 0.15) is 41.2 Å². The van der Waals surface area contributed by atoms with Gasteiger partial charge in [-0.3, -0.25) is 9.48 Å². The van der Waals surface area contributed by atoms with Gasteiger partial charge >= 0.3 is 0 Å². The van der Waals surface area contributed by atoms with E-state index in [9.17, 15) is 4.79 Å². The van der Waals surface area contributed by atoms with Gasteiger partial charge in [0.05, 0.1) is 17.9 Å². The number of rotatable bonds is 3. The Balaban J connectivity index is 1.61. The monoisotopic (exact) mass is 329 g/mol. The Bertz CT molecular complexity index is 716. The van der Waals surface area contributed by atoms with Gasteiger partial charge in [0.2, 0.25) is 5.76 Å². The Morgan fingerprint density at radius 2 is 2.17 bits per heavy atom. The zero-order valence-electron chi connectivity index (χ0n) is 14.0. The minimum Gasteiger partial charge on any atom is -0.438 e. The van der Waals surface area contributed by atoms with Crippen molar-refractivity contribution in [1.29, 1.82) is 0 Å². The zero-order valence-corrected chi connectivity index (χ0v) is 14.0. The third-order valence-electron chi connectivity index (χ3n) is 5.12. The van der Waals surface area contributed by atoms with Gasteiger partial charge in [-0.1, -0.05) is 0 Å². The molecule has 24 heavy (non-hydrogen) atoms. The van der Waals surface area contributed by atoms with Crippen molar-refractivity contribution < 1.29 is 9.21 Å². The van der Waals surface area contributed by atoms with Crippen LogP contribution in [0.3, 0.4) is 0 Å². The lowest BCUT2D eigenvalue weighted by Crippen LogP contribution is -2.45. The van der Waals surface area contributed by atoms with Crippen molar-refractivity contribution >= 4 is 5.91 Å². The normalized spacial score (nSPS) is 21.7. The summed E-state index contributed by atoms with van der Waals surface area (Å²) in [6, 6.07) is 2.16. The van der Waals surface area contributed by atoms with Crippen molar-refractivity contribution in [3.63, 3.8) is 0 Å². The van der Waals surface area contributed by atoms with E-state index in [0.29, 0.717) is 18.0 Å². The maximum absolute atomic E-state index is 13.1. The van der Waals surface area contributed by atoms with Gasteiger partial charge in [-0.15, -0.1) is 0 Å². The van der Waals surface area contributed by atoms with Gasteiger partial charge < -0.3 is 14.2 Å². The predicted octanol–water partition coefficient (Wildman–Crippen LogP) is 1.69. The van der Waals surface area contributed by atoms with Gasteiger partial charge in [0.1, 0.15) is 0 Å². The summed E-state index contributed by atoms with van der Waals surface area (Å²) < 4.78 is 7.38. The van der Waals surface area contributed by atoms with Crippen LogP contribution in [0.2, 0.25) is 0 Å². The largest absolute Gasteiger partial charge is 0.438 e. The molecule has 128 valence electrons. The van der Waals surface area contributed by atoms with Crippen LogP contribution in [0, 0.1) is 6.92 Å². The van der Waals surface area contributed by atoms with Crippen molar-refractivity contribution in [1.82, 2.24) is 24.6 Å². The van der Waals surface area contributed by atoms with Crippen LogP contribution in [0.4, 0.5) is 0 Å². The van der Waals surface area contributed by atoms with Crippen LogP contribution in [-0.2, 0) is 13.1 Å². The highest BCUT2D eigenvalue weighted by atomic mass is 16.3. The van der Waals surface area contributed by atoms with Crippen LogP contribution < -0.4 is 0 Å². The molecule has 4 rings (SSSR count). The molecular formula is C17H23N5O2. The van der Waals surface area contributed by atoms with Crippen LogP contribution in [0.25, 0.3) is 0 Å². The van der Waals surface area contributed by atoms with Crippen molar-refractivity contribution in [3.8, 4) is 0 Å². The first-order valence-electron chi connectivity index (χ1n) is 8.66. The summed E-state index contributed by atoms with van der Waals surface area (Å²) in [4.78, 5) is 21.6. The maximum Gasteiger partial charge on any atom is 0.292 e. The van der Waals surface area contributed by atoms with E-state index >= 15 is 0 Å². The van der Waals surface area contributed by atoms with E-state index in [4.69, 9.17) is 4.42 Å². The number of aromatic nitrogens is 3. The second-order valence-electron chi connectivity index (χ2n) is 6.70. The topological polar surface area (TPSA) is 67.4 Å². The van der Waals surface area contributed by atoms with Gasteiger partial charge in [0.25, 0.3) is 5.91 Å². The van der Waals surface area contributed by atoms with Gasteiger partial charge in [-0.2, -0.15) is 5.10 Å². The van der Waals surface area contributed by atoms with Gasteiger partial charge in [0.15, 0.2) is 6.39 Å². The van der Waals surface area contributed by atoms with Crippen LogP contribution in [0.5, 0.6) is 0 Å². The Hall–Kier alpha value is -2.15. The Morgan fingerprint density at radius 1 is 1.33 bits per heavy atom.